The van der Waals surface area contributed by atoms with Crippen LogP contribution in [0.2, 0.25) is 5.02 Å². The van der Waals surface area contributed by atoms with Crippen LogP contribution in [0, 0.1) is 5.92 Å². The number of aromatic nitrogens is 2. The smallest absolute Gasteiger partial charge is 0.287 e. The molecule has 0 aromatic carbocycles. The Hall–Kier alpha value is -1.07. The molecule has 1 aliphatic rings. The Balaban J connectivity index is 2.27. The van der Waals surface area contributed by atoms with E-state index in [0.29, 0.717) is 18.5 Å². The number of nitrogens with one attached hydrogen (secondary N) is 1. The second kappa shape index (κ2) is 5.92. The molecular formula is C13H21ClN4O. The fourth-order valence-corrected chi connectivity index (χ4v) is 2.62. The molecule has 19 heavy (non-hydrogen) atoms. The minimum absolute atomic E-state index is 0.203. The molecule has 0 amide bonds. The summed E-state index contributed by atoms with van der Waals surface area (Å²) in [5.41, 5.74) is 0.519. The highest BCUT2D eigenvalue weighted by molar-refractivity contribution is 6.33. The van der Waals surface area contributed by atoms with E-state index in [0.717, 1.165) is 25.2 Å². The highest BCUT2D eigenvalue weighted by Gasteiger charge is 2.22. The van der Waals surface area contributed by atoms with E-state index >= 15 is 0 Å². The molecule has 106 valence electrons. The number of nitrogens with zero attached hydrogens (tertiary/aromatic N) is 3. The number of halogens is 1. The average molecular weight is 285 g/mol. The number of likely N-dealkylation sites (N-methyl/N-ethyl adjacent to an activating group) is 1. The second-order valence-corrected chi connectivity index (χ2v) is 5.86. The van der Waals surface area contributed by atoms with E-state index in [2.05, 4.69) is 15.3 Å². The molecule has 0 radical (unpaired) electrons. The molecular weight excluding hydrogens is 264 g/mol. The summed E-state index contributed by atoms with van der Waals surface area (Å²) in [7, 11) is 1.97. The summed E-state index contributed by atoms with van der Waals surface area (Å²) in [5.74, 6) is 0.365. The maximum atomic E-state index is 12.2. The van der Waals surface area contributed by atoms with E-state index < -0.39 is 0 Å². The standard InChI is InChI=1S/C13H21ClN4O/c1-9(2)8-18-13(19)12(14)11(7-16-18)17(3)10-4-5-15-6-10/h7,9-10,15H,4-6,8H2,1-3H3. The topological polar surface area (TPSA) is 50.2 Å². The van der Waals surface area contributed by atoms with E-state index in [1.165, 1.54) is 4.68 Å². The van der Waals surface area contributed by atoms with Crippen molar-refractivity contribution in [2.24, 2.45) is 5.92 Å². The van der Waals surface area contributed by atoms with E-state index in [1.807, 2.05) is 20.9 Å². The van der Waals surface area contributed by atoms with Gasteiger partial charge >= 0.3 is 0 Å². The van der Waals surface area contributed by atoms with Crippen molar-refractivity contribution in [1.82, 2.24) is 15.1 Å². The van der Waals surface area contributed by atoms with Gasteiger partial charge in [-0.1, -0.05) is 25.4 Å². The first-order valence-corrected chi connectivity index (χ1v) is 7.07. The Morgan fingerprint density at radius 1 is 1.63 bits per heavy atom. The largest absolute Gasteiger partial charge is 0.368 e. The SMILES string of the molecule is CC(C)Cn1ncc(N(C)C2CCNC2)c(Cl)c1=O. The third-order valence-corrected chi connectivity index (χ3v) is 3.82. The lowest BCUT2D eigenvalue weighted by molar-refractivity contribution is 0.463. The van der Waals surface area contributed by atoms with Crippen molar-refractivity contribution < 1.29 is 0 Å². The molecule has 1 aliphatic heterocycles. The molecule has 0 aliphatic carbocycles. The van der Waals surface area contributed by atoms with E-state index in [1.54, 1.807) is 6.20 Å². The van der Waals surface area contributed by atoms with E-state index in [-0.39, 0.29) is 10.6 Å². The molecule has 5 nitrogen and oxygen atoms in total. The molecule has 1 aromatic rings. The number of hydrogen-bond acceptors (Lipinski definition) is 4. The van der Waals surface area contributed by atoms with Crippen LogP contribution >= 0.6 is 11.6 Å². The minimum atomic E-state index is -0.203. The van der Waals surface area contributed by atoms with Gasteiger partial charge in [0, 0.05) is 26.2 Å². The van der Waals surface area contributed by atoms with Crippen molar-refractivity contribution in [3.8, 4) is 0 Å². The highest BCUT2D eigenvalue weighted by atomic mass is 35.5. The molecule has 1 N–H and O–H groups in total. The van der Waals surface area contributed by atoms with Gasteiger partial charge in [0.1, 0.15) is 5.02 Å². The lowest BCUT2D eigenvalue weighted by atomic mass is 10.2. The normalized spacial score (nSPS) is 19.1. The van der Waals surface area contributed by atoms with Gasteiger partial charge in [-0.3, -0.25) is 4.79 Å². The Bertz CT molecular complexity index is 494. The molecule has 1 unspecified atom stereocenters. The monoisotopic (exact) mass is 284 g/mol. The third kappa shape index (κ3) is 3.09. The molecule has 0 spiro atoms. The summed E-state index contributed by atoms with van der Waals surface area (Å²) in [6.07, 6.45) is 2.76. The maximum Gasteiger partial charge on any atom is 0.287 e. The van der Waals surface area contributed by atoms with Gasteiger partial charge in [-0.15, -0.1) is 0 Å². The quantitative estimate of drug-likeness (QED) is 0.907. The number of anilines is 1. The van der Waals surface area contributed by atoms with Crippen molar-refractivity contribution >= 4 is 17.3 Å². The summed E-state index contributed by atoms with van der Waals surface area (Å²) < 4.78 is 1.44. The molecule has 6 heteroatoms. The number of rotatable bonds is 4. The van der Waals surface area contributed by atoms with Gasteiger partial charge in [-0.05, 0) is 18.9 Å². The van der Waals surface area contributed by atoms with Crippen LogP contribution in [0.3, 0.4) is 0 Å². The van der Waals surface area contributed by atoms with Gasteiger partial charge in [-0.25, -0.2) is 4.68 Å². The Morgan fingerprint density at radius 2 is 2.37 bits per heavy atom. The third-order valence-electron chi connectivity index (χ3n) is 3.47. The fourth-order valence-electron chi connectivity index (χ4n) is 2.34. The minimum Gasteiger partial charge on any atom is -0.368 e. The van der Waals surface area contributed by atoms with Crippen LogP contribution in [0.4, 0.5) is 5.69 Å². The zero-order chi connectivity index (χ0) is 14.0. The Labute approximate surface area is 118 Å². The molecule has 2 rings (SSSR count). The molecule has 1 saturated heterocycles. The first-order chi connectivity index (χ1) is 9.00. The Morgan fingerprint density at radius 3 is 2.95 bits per heavy atom. The van der Waals surface area contributed by atoms with Crippen LogP contribution in [-0.4, -0.2) is 36.0 Å². The highest BCUT2D eigenvalue weighted by Crippen LogP contribution is 2.23. The van der Waals surface area contributed by atoms with Crippen LogP contribution in [-0.2, 0) is 6.54 Å². The summed E-state index contributed by atoms with van der Waals surface area (Å²) in [6.45, 7) is 6.61. The number of hydrogen-bond donors (Lipinski definition) is 1. The summed E-state index contributed by atoms with van der Waals surface area (Å²) >= 11 is 6.22. The molecule has 1 aromatic heterocycles. The van der Waals surface area contributed by atoms with Crippen molar-refractivity contribution in [3.05, 3.63) is 21.6 Å². The van der Waals surface area contributed by atoms with Gasteiger partial charge in [0.15, 0.2) is 0 Å². The fraction of sp³-hybridized carbons (Fsp3) is 0.692. The Kier molecular flexibility index (Phi) is 4.47. The van der Waals surface area contributed by atoms with Crippen LogP contribution in [0.25, 0.3) is 0 Å². The van der Waals surface area contributed by atoms with Gasteiger partial charge < -0.3 is 10.2 Å². The summed E-state index contributed by atoms with van der Waals surface area (Å²) in [5, 5.41) is 7.80. The molecule has 2 heterocycles. The molecule has 1 fully saturated rings. The maximum absolute atomic E-state index is 12.2. The predicted octanol–water partition coefficient (Wildman–Crippen LogP) is 1.35. The van der Waals surface area contributed by atoms with Gasteiger partial charge in [0.05, 0.1) is 11.9 Å². The lowest BCUT2D eigenvalue weighted by Gasteiger charge is -2.26. The van der Waals surface area contributed by atoms with Crippen LogP contribution < -0.4 is 15.8 Å². The molecule has 1 atom stereocenters. The van der Waals surface area contributed by atoms with Crippen molar-refractivity contribution in [2.45, 2.75) is 32.9 Å². The summed E-state index contributed by atoms with van der Waals surface area (Å²) in [6, 6.07) is 0.375. The van der Waals surface area contributed by atoms with Crippen LogP contribution in [0.5, 0.6) is 0 Å². The zero-order valence-electron chi connectivity index (χ0n) is 11.7. The first kappa shape index (κ1) is 14.3. The first-order valence-electron chi connectivity index (χ1n) is 6.70. The second-order valence-electron chi connectivity index (χ2n) is 5.48. The van der Waals surface area contributed by atoms with Crippen LogP contribution in [0.1, 0.15) is 20.3 Å². The van der Waals surface area contributed by atoms with Crippen molar-refractivity contribution in [2.75, 3.05) is 25.0 Å². The molecule has 0 saturated carbocycles. The molecule has 0 bridgehead atoms. The van der Waals surface area contributed by atoms with Gasteiger partial charge in [-0.2, -0.15) is 5.10 Å². The van der Waals surface area contributed by atoms with Gasteiger partial charge in [0.2, 0.25) is 0 Å². The van der Waals surface area contributed by atoms with E-state index in [4.69, 9.17) is 11.6 Å². The van der Waals surface area contributed by atoms with E-state index in [9.17, 15) is 4.79 Å². The van der Waals surface area contributed by atoms with Crippen molar-refractivity contribution in [3.63, 3.8) is 0 Å². The van der Waals surface area contributed by atoms with Crippen molar-refractivity contribution in [1.29, 1.82) is 0 Å². The average Bonchev–Trinajstić information content (AvgIpc) is 2.88. The van der Waals surface area contributed by atoms with Gasteiger partial charge in [0.25, 0.3) is 5.56 Å². The predicted molar refractivity (Wildman–Crippen MR) is 78.0 cm³/mol. The van der Waals surface area contributed by atoms with Crippen LogP contribution in [0.15, 0.2) is 11.0 Å². The zero-order valence-corrected chi connectivity index (χ0v) is 12.4. The summed E-state index contributed by atoms with van der Waals surface area (Å²) in [4.78, 5) is 14.2. The lowest BCUT2D eigenvalue weighted by Crippen LogP contribution is -2.36.